The van der Waals surface area contributed by atoms with E-state index in [1.165, 1.54) is 24.0 Å². The van der Waals surface area contributed by atoms with Crippen LogP contribution >= 0.6 is 0 Å². The van der Waals surface area contributed by atoms with Crippen LogP contribution in [0.25, 0.3) is 0 Å². The lowest BCUT2D eigenvalue weighted by Gasteiger charge is -2.30. The predicted molar refractivity (Wildman–Crippen MR) is 125 cm³/mol. The molecule has 1 aliphatic rings. The highest BCUT2D eigenvalue weighted by atomic mass is 16.5. The van der Waals surface area contributed by atoms with Crippen LogP contribution in [-0.4, -0.2) is 33.4 Å². The van der Waals surface area contributed by atoms with Crippen molar-refractivity contribution in [1.82, 2.24) is 19.8 Å². The van der Waals surface area contributed by atoms with Crippen molar-refractivity contribution in [3.05, 3.63) is 83.4 Å². The third-order valence-electron chi connectivity index (χ3n) is 6.23. The molecule has 2 aromatic carbocycles. The van der Waals surface area contributed by atoms with E-state index in [4.69, 9.17) is 4.74 Å². The van der Waals surface area contributed by atoms with Gasteiger partial charge in [0, 0.05) is 38.1 Å². The van der Waals surface area contributed by atoms with Crippen LogP contribution < -0.4 is 10.1 Å². The Labute approximate surface area is 190 Å². The van der Waals surface area contributed by atoms with Crippen molar-refractivity contribution < 1.29 is 9.53 Å². The van der Waals surface area contributed by atoms with Crippen molar-refractivity contribution in [2.45, 2.75) is 39.5 Å². The van der Waals surface area contributed by atoms with Gasteiger partial charge in [0.25, 0.3) is 5.91 Å². The number of aromatic nitrogens is 2. The Morgan fingerprint density at radius 2 is 1.81 bits per heavy atom. The normalized spacial score (nSPS) is 14.9. The Bertz CT molecular complexity index is 1020. The molecule has 0 aliphatic carbocycles. The van der Waals surface area contributed by atoms with Crippen molar-refractivity contribution in [3.8, 4) is 5.75 Å². The van der Waals surface area contributed by atoms with E-state index in [1.807, 2.05) is 36.0 Å². The minimum absolute atomic E-state index is 0.0812. The van der Waals surface area contributed by atoms with Gasteiger partial charge in [-0.25, -0.2) is 4.98 Å². The fourth-order valence-corrected chi connectivity index (χ4v) is 4.01. The maximum atomic E-state index is 12.7. The van der Waals surface area contributed by atoms with Gasteiger partial charge >= 0.3 is 0 Å². The van der Waals surface area contributed by atoms with Gasteiger partial charge in [-0.3, -0.25) is 9.69 Å². The molecule has 1 aliphatic heterocycles. The van der Waals surface area contributed by atoms with Gasteiger partial charge < -0.3 is 14.6 Å². The second-order valence-electron chi connectivity index (χ2n) is 8.68. The number of carbonyl (C=O) groups is 1. The number of aryl methyl sites for hydroxylation is 1. The third kappa shape index (κ3) is 5.77. The molecule has 2 heterocycles. The first-order chi connectivity index (χ1) is 15.6. The van der Waals surface area contributed by atoms with Crippen LogP contribution in [0.3, 0.4) is 0 Å². The molecule has 1 fully saturated rings. The number of nitrogens with one attached hydrogen (secondary N) is 1. The molecule has 0 unspecified atom stereocenters. The van der Waals surface area contributed by atoms with Crippen LogP contribution in [0.2, 0.25) is 0 Å². The number of hydrogen-bond donors (Lipinski definition) is 1. The van der Waals surface area contributed by atoms with Crippen LogP contribution in [0.4, 0.5) is 0 Å². The number of piperidine rings is 1. The average Bonchev–Trinajstić information content (AvgIpc) is 3.23. The highest BCUT2D eigenvalue weighted by molar-refractivity contribution is 5.94. The van der Waals surface area contributed by atoms with Gasteiger partial charge in [0.15, 0.2) is 0 Å². The highest BCUT2D eigenvalue weighted by Crippen LogP contribution is 2.20. The number of carbonyl (C=O) groups excluding carboxylic acids is 1. The number of benzene rings is 2. The first kappa shape index (κ1) is 22.1. The predicted octanol–water partition coefficient (Wildman–Crippen LogP) is 4.16. The average molecular weight is 433 g/mol. The summed E-state index contributed by atoms with van der Waals surface area (Å²) in [5.74, 6) is 2.31. The van der Waals surface area contributed by atoms with E-state index in [1.54, 1.807) is 18.3 Å². The lowest BCUT2D eigenvalue weighted by atomic mass is 9.98. The first-order valence-corrected chi connectivity index (χ1v) is 11.3. The largest absolute Gasteiger partial charge is 0.486 e. The Morgan fingerprint density at radius 3 is 2.50 bits per heavy atom. The molecule has 1 saturated heterocycles. The molecule has 6 heteroatoms. The second kappa shape index (κ2) is 10.5. The zero-order valence-electron chi connectivity index (χ0n) is 19.0. The Hall–Kier alpha value is -3.12. The lowest BCUT2D eigenvalue weighted by Crippen LogP contribution is -2.33. The fraction of sp³-hybridized carbons (Fsp3) is 0.385. The Kier molecular flexibility index (Phi) is 7.22. The van der Waals surface area contributed by atoms with Crippen LogP contribution in [-0.2, 0) is 26.7 Å². The smallest absolute Gasteiger partial charge is 0.251 e. The fourth-order valence-electron chi connectivity index (χ4n) is 4.01. The van der Waals surface area contributed by atoms with Gasteiger partial charge in [0.2, 0.25) is 0 Å². The van der Waals surface area contributed by atoms with Crippen molar-refractivity contribution in [2.75, 3.05) is 13.1 Å². The summed E-state index contributed by atoms with van der Waals surface area (Å²) in [4.78, 5) is 19.4. The number of rotatable bonds is 8. The summed E-state index contributed by atoms with van der Waals surface area (Å²) in [7, 11) is 1.93. The first-order valence-electron chi connectivity index (χ1n) is 11.3. The van der Waals surface area contributed by atoms with Gasteiger partial charge in [-0.2, -0.15) is 0 Å². The molecule has 4 rings (SSSR count). The van der Waals surface area contributed by atoms with E-state index in [9.17, 15) is 4.79 Å². The summed E-state index contributed by atoms with van der Waals surface area (Å²) in [5, 5.41) is 3.07. The molecule has 0 bridgehead atoms. The highest BCUT2D eigenvalue weighted by Gasteiger charge is 2.17. The van der Waals surface area contributed by atoms with Crippen molar-refractivity contribution in [1.29, 1.82) is 0 Å². The summed E-state index contributed by atoms with van der Waals surface area (Å²) in [6.45, 7) is 6.49. The molecule has 1 N–H and O–H groups in total. The molecule has 0 spiro atoms. The zero-order chi connectivity index (χ0) is 22.3. The SMILES string of the molecule is CC1CCN(Cc2ccccc2CNC(=O)c2ccc(OCc3nccn3C)cc2)CC1. The van der Waals surface area contributed by atoms with E-state index >= 15 is 0 Å². The lowest BCUT2D eigenvalue weighted by molar-refractivity contribution is 0.0950. The molecule has 0 radical (unpaired) electrons. The van der Waals surface area contributed by atoms with Crippen molar-refractivity contribution in [3.63, 3.8) is 0 Å². The minimum Gasteiger partial charge on any atom is -0.486 e. The number of imidazole rings is 1. The zero-order valence-corrected chi connectivity index (χ0v) is 19.0. The maximum Gasteiger partial charge on any atom is 0.251 e. The van der Waals surface area contributed by atoms with Gasteiger partial charge in [-0.1, -0.05) is 31.2 Å². The van der Waals surface area contributed by atoms with E-state index in [2.05, 4.69) is 40.3 Å². The van der Waals surface area contributed by atoms with Gasteiger partial charge in [0.1, 0.15) is 18.2 Å². The van der Waals surface area contributed by atoms with Crippen LogP contribution in [0, 0.1) is 5.92 Å². The van der Waals surface area contributed by atoms with E-state index < -0.39 is 0 Å². The molecule has 6 nitrogen and oxygen atoms in total. The molecule has 1 aromatic heterocycles. The molecule has 32 heavy (non-hydrogen) atoms. The third-order valence-corrected chi connectivity index (χ3v) is 6.23. The summed E-state index contributed by atoms with van der Waals surface area (Å²) in [6.07, 6.45) is 6.16. The van der Waals surface area contributed by atoms with Crippen molar-refractivity contribution in [2.24, 2.45) is 13.0 Å². The number of nitrogens with zero attached hydrogens (tertiary/aromatic N) is 3. The molecular formula is C26H32N4O2. The summed E-state index contributed by atoms with van der Waals surface area (Å²) < 4.78 is 7.69. The number of hydrogen-bond acceptors (Lipinski definition) is 4. The summed E-state index contributed by atoms with van der Waals surface area (Å²) >= 11 is 0. The summed E-state index contributed by atoms with van der Waals surface area (Å²) in [5.41, 5.74) is 3.09. The van der Waals surface area contributed by atoms with E-state index in [-0.39, 0.29) is 5.91 Å². The quantitative estimate of drug-likeness (QED) is 0.581. The molecule has 1 amide bonds. The number of amides is 1. The molecule has 0 atom stereocenters. The number of ether oxygens (including phenoxy) is 1. The molecule has 168 valence electrons. The van der Waals surface area contributed by atoms with Crippen molar-refractivity contribution >= 4 is 5.91 Å². The standard InChI is InChI=1S/C26H32N4O2/c1-20-11-14-30(15-12-20)18-23-6-4-3-5-22(23)17-28-26(31)21-7-9-24(10-8-21)32-19-25-27-13-16-29(25)2/h3-10,13,16,20H,11-12,14-15,17-19H2,1-2H3,(H,28,31). The minimum atomic E-state index is -0.0812. The maximum absolute atomic E-state index is 12.7. The summed E-state index contributed by atoms with van der Waals surface area (Å²) in [6, 6.07) is 15.6. The van der Waals surface area contributed by atoms with E-state index in [0.29, 0.717) is 24.5 Å². The van der Waals surface area contributed by atoms with E-state index in [0.717, 1.165) is 31.4 Å². The molecule has 0 saturated carbocycles. The van der Waals surface area contributed by atoms with Crippen LogP contribution in [0.15, 0.2) is 60.9 Å². The second-order valence-corrected chi connectivity index (χ2v) is 8.68. The Balaban J connectivity index is 1.30. The van der Waals surface area contributed by atoms with Gasteiger partial charge in [-0.15, -0.1) is 0 Å². The van der Waals surface area contributed by atoms with Gasteiger partial charge in [0.05, 0.1) is 0 Å². The molecule has 3 aromatic rings. The van der Waals surface area contributed by atoms with Crippen LogP contribution in [0.5, 0.6) is 5.75 Å². The molecular weight excluding hydrogens is 400 g/mol. The van der Waals surface area contributed by atoms with Crippen LogP contribution in [0.1, 0.15) is 47.1 Å². The van der Waals surface area contributed by atoms with Gasteiger partial charge in [-0.05, 0) is 67.2 Å². The Morgan fingerprint density at radius 1 is 1.09 bits per heavy atom. The monoisotopic (exact) mass is 432 g/mol. The topological polar surface area (TPSA) is 59.4 Å². The number of likely N-dealkylation sites (tertiary alicyclic amines) is 1.